The molecule has 3 heterocycles. The lowest BCUT2D eigenvalue weighted by Crippen LogP contribution is -2.39. The van der Waals surface area contributed by atoms with Crippen molar-refractivity contribution in [3.63, 3.8) is 0 Å². The molecule has 7 nitrogen and oxygen atoms in total. The van der Waals surface area contributed by atoms with Gasteiger partial charge in [-0.1, -0.05) is 71.9 Å². The Labute approximate surface area is 225 Å². The normalized spacial score (nSPS) is 20.9. The number of hydrogen-bond acceptors (Lipinski definition) is 7. The van der Waals surface area contributed by atoms with Gasteiger partial charge < -0.3 is 19.7 Å². The molecule has 2 aromatic rings. The Bertz CT molecular complexity index is 1270. The number of amides is 1. The molecule has 0 bridgehead atoms. The van der Waals surface area contributed by atoms with Gasteiger partial charge in [-0.2, -0.15) is 0 Å². The van der Waals surface area contributed by atoms with Crippen molar-refractivity contribution < 1.29 is 19.1 Å². The van der Waals surface area contributed by atoms with E-state index in [0.29, 0.717) is 28.0 Å². The Morgan fingerprint density at radius 3 is 2.73 bits per heavy atom. The van der Waals surface area contributed by atoms with Gasteiger partial charge in [-0.15, -0.1) is 0 Å². The first-order chi connectivity index (χ1) is 18.0. The van der Waals surface area contributed by atoms with E-state index in [9.17, 15) is 9.59 Å². The number of allylic oxidation sites excluding steroid dienone is 1. The Hall–Kier alpha value is -3.07. The van der Waals surface area contributed by atoms with Crippen LogP contribution < -0.4 is 5.32 Å². The van der Waals surface area contributed by atoms with E-state index < -0.39 is 12.0 Å². The van der Waals surface area contributed by atoms with Crippen molar-refractivity contribution in [3.05, 3.63) is 93.1 Å². The highest BCUT2D eigenvalue weighted by atomic mass is 35.5. The van der Waals surface area contributed by atoms with Crippen LogP contribution in [-0.2, 0) is 25.7 Å². The molecule has 9 heteroatoms. The Morgan fingerprint density at radius 1 is 1.19 bits per heavy atom. The highest BCUT2D eigenvalue weighted by molar-refractivity contribution is 8.16. The predicted molar refractivity (Wildman–Crippen MR) is 145 cm³/mol. The van der Waals surface area contributed by atoms with Crippen LogP contribution >= 0.6 is 23.4 Å². The molecule has 0 spiro atoms. The topological polar surface area (TPSA) is 80.2 Å². The van der Waals surface area contributed by atoms with E-state index in [4.69, 9.17) is 26.1 Å². The second-order valence-electron chi connectivity index (χ2n) is 9.09. The van der Waals surface area contributed by atoms with Gasteiger partial charge in [-0.05, 0) is 42.4 Å². The van der Waals surface area contributed by atoms with E-state index in [2.05, 4.69) is 5.32 Å². The van der Waals surface area contributed by atoms with Gasteiger partial charge in [-0.3, -0.25) is 4.79 Å². The zero-order chi connectivity index (χ0) is 25.8. The number of benzene rings is 2. The van der Waals surface area contributed by atoms with E-state index in [-0.39, 0.29) is 25.0 Å². The molecular formula is C28H28ClN3O4S. The van der Waals surface area contributed by atoms with Crippen molar-refractivity contribution in [2.24, 2.45) is 4.99 Å². The van der Waals surface area contributed by atoms with Crippen molar-refractivity contribution in [1.29, 1.82) is 0 Å². The fourth-order valence-corrected chi connectivity index (χ4v) is 5.89. The van der Waals surface area contributed by atoms with Crippen LogP contribution in [0.25, 0.3) is 0 Å². The van der Waals surface area contributed by atoms with Crippen molar-refractivity contribution >= 4 is 40.4 Å². The lowest BCUT2D eigenvalue weighted by atomic mass is 9.93. The van der Waals surface area contributed by atoms with E-state index in [1.807, 2.05) is 58.8 Å². The highest BCUT2D eigenvalue weighted by Crippen LogP contribution is 2.46. The minimum atomic E-state index is -0.573. The molecule has 0 unspecified atom stereocenters. The van der Waals surface area contributed by atoms with Gasteiger partial charge >= 0.3 is 5.97 Å². The number of rotatable bonds is 8. The van der Waals surface area contributed by atoms with Gasteiger partial charge in [0.2, 0.25) is 5.91 Å². The maximum Gasteiger partial charge on any atom is 0.338 e. The fraction of sp³-hybridized carbons (Fsp3) is 0.321. The third-order valence-electron chi connectivity index (χ3n) is 6.53. The van der Waals surface area contributed by atoms with Gasteiger partial charge in [0.25, 0.3) is 0 Å². The Balaban J connectivity index is 1.40. The number of hydrogen-bond donors (Lipinski definition) is 1. The first kappa shape index (κ1) is 25.6. The van der Waals surface area contributed by atoms with Crippen LogP contribution in [0.2, 0.25) is 5.02 Å². The Kier molecular flexibility index (Phi) is 7.98. The lowest BCUT2D eigenvalue weighted by Gasteiger charge is -2.36. The zero-order valence-corrected chi connectivity index (χ0v) is 22.1. The number of halogens is 1. The Morgan fingerprint density at radius 2 is 1.97 bits per heavy atom. The summed E-state index contributed by atoms with van der Waals surface area (Å²) in [6, 6.07) is 16.4. The zero-order valence-electron chi connectivity index (χ0n) is 20.5. The van der Waals surface area contributed by atoms with E-state index in [1.165, 1.54) is 11.8 Å². The van der Waals surface area contributed by atoms with E-state index in [1.54, 1.807) is 13.0 Å². The molecule has 1 fully saturated rings. The molecular weight excluding hydrogens is 510 g/mol. The predicted octanol–water partition coefficient (Wildman–Crippen LogP) is 5.34. The summed E-state index contributed by atoms with van der Waals surface area (Å²) >= 11 is 8.09. The molecule has 3 aliphatic rings. The quantitative estimate of drug-likeness (QED) is 0.458. The van der Waals surface area contributed by atoms with Crippen LogP contribution in [0.3, 0.4) is 0 Å². The number of amidine groups is 1. The fourth-order valence-electron chi connectivity index (χ4n) is 4.68. The number of nitrogens with zero attached hydrogens (tertiary/aromatic N) is 2. The molecule has 1 amide bonds. The van der Waals surface area contributed by atoms with Gasteiger partial charge in [0, 0.05) is 23.9 Å². The second kappa shape index (κ2) is 11.5. The van der Waals surface area contributed by atoms with E-state index >= 15 is 0 Å². The van der Waals surface area contributed by atoms with Crippen LogP contribution in [0.4, 0.5) is 0 Å². The molecule has 2 aromatic carbocycles. The summed E-state index contributed by atoms with van der Waals surface area (Å²) in [5.41, 5.74) is 3.36. The first-order valence-corrected chi connectivity index (χ1v) is 13.5. The summed E-state index contributed by atoms with van der Waals surface area (Å²) in [7, 11) is 0. The van der Waals surface area contributed by atoms with Gasteiger partial charge in [0.15, 0.2) is 5.17 Å². The average Bonchev–Trinajstić information content (AvgIpc) is 3.56. The molecule has 2 atom stereocenters. The number of aliphatic imine (C=N–C) groups is 1. The van der Waals surface area contributed by atoms with Crippen LogP contribution in [0, 0.1) is 0 Å². The summed E-state index contributed by atoms with van der Waals surface area (Å²) < 4.78 is 11.4. The molecule has 3 aliphatic heterocycles. The summed E-state index contributed by atoms with van der Waals surface area (Å²) in [6.45, 7) is 3.18. The lowest BCUT2D eigenvalue weighted by molar-refractivity contribution is -0.141. The average molecular weight is 538 g/mol. The monoisotopic (exact) mass is 537 g/mol. The molecule has 0 aromatic heterocycles. The maximum absolute atomic E-state index is 13.5. The summed E-state index contributed by atoms with van der Waals surface area (Å²) in [4.78, 5) is 33.0. The number of carbonyl (C=O) groups excluding carboxylic acids is 2. The van der Waals surface area contributed by atoms with Gasteiger partial charge in [-0.25, -0.2) is 9.79 Å². The summed E-state index contributed by atoms with van der Waals surface area (Å²) in [5, 5.41) is 6.12. The molecule has 5 rings (SSSR count). The van der Waals surface area contributed by atoms with Crippen LogP contribution in [-0.4, -0.2) is 41.2 Å². The number of esters is 1. The van der Waals surface area contributed by atoms with E-state index in [0.717, 1.165) is 36.3 Å². The number of thioether (sulfide) groups is 1. The smallest absolute Gasteiger partial charge is 0.338 e. The standard InChI is InChI=1S/C28H28ClN3O4S/c1-18-25(27(34)36-16-19-8-3-2-4-9-19)26(22-11-5-6-12-23(22)29)32-20(17-37-28(32)31-18)14-24(33)30-15-21-10-7-13-35-21/h2-6,8-9,11-12,17,21,26H,7,10,13-16H2,1H3,(H,30,33)/t21-,26-/m1/s1. The third-order valence-corrected chi connectivity index (χ3v) is 7.76. The molecule has 1 saturated heterocycles. The highest BCUT2D eigenvalue weighted by Gasteiger charge is 2.42. The summed E-state index contributed by atoms with van der Waals surface area (Å²) in [5.74, 6) is -0.575. The maximum atomic E-state index is 13.5. The van der Waals surface area contributed by atoms with Crippen molar-refractivity contribution in [2.45, 2.75) is 44.9 Å². The molecule has 37 heavy (non-hydrogen) atoms. The SMILES string of the molecule is CC1=C(C(=O)OCc2ccccc2)[C@@H](c2ccccc2Cl)N2C(CC(=O)NC[C@H]3CCCO3)=CSC2=N1. The second-order valence-corrected chi connectivity index (χ2v) is 10.3. The van der Waals surface area contributed by atoms with Crippen LogP contribution in [0.1, 0.15) is 43.4 Å². The van der Waals surface area contributed by atoms with Crippen molar-refractivity contribution in [3.8, 4) is 0 Å². The van der Waals surface area contributed by atoms with Crippen molar-refractivity contribution in [1.82, 2.24) is 10.2 Å². The summed E-state index contributed by atoms with van der Waals surface area (Å²) in [6.07, 6.45) is 2.18. The molecule has 0 saturated carbocycles. The molecule has 192 valence electrons. The van der Waals surface area contributed by atoms with Gasteiger partial charge in [0.05, 0.1) is 29.8 Å². The number of ether oxygens (including phenoxy) is 2. The minimum Gasteiger partial charge on any atom is -0.457 e. The van der Waals surface area contributed by atoms with Crippen molar-refractivity contribution in [2.75, 3.05) is 13.2 Å². The molecule has 0 radical (unpaired) electrons. The van der Waals surface area contributed by atoms with Crippen LogP contribution in [0.5, 0.6) is 0 Å². The minimum absolute atomic E-state index is 0.0652. The molecule has 1 N–H and O–H groups in total. The largest absolute Gasteiger partial charge is 0.457 e. The first-order valence-electron chi connectivity index (χ1n) is 12.3. The number of fused-ring (bicyclic) bond motifs is 1. The third kappa shape index (κ3) is 5.76. The van der Waals surface area contributed by atoms with Gasteiger partial charge in [0.1, 0.15) is 6.61 Å². The number of carbonyl (C=O) groups is 2. The molecule has 0 aliphatic carbocycles. The van der Waals surface area contributed by atoms with Crippen LogP contribution in [0.15, 0.2) is 82.0 Å². The number of nitrogens with one attached hydrogen (secondary N) is 1.